The number of hydrogen-bond donors (Lipinski definition) is 1. The van der Waals surface area contributed by atoms with Crippen LogP contribution in [0, 0.1) is 5.92 Å². The maximum absolute atomic E-state index is 12.8. The molecule has 1 saturated heterocycles. The summed E-state index contributed by atoms with van der Waals surface area (Å²) < 4.78 is 11.3. The van der Waals surface area contributed by atoms with Gasteiger partial charge in [-0.2, -0.15) is 0 Å². The molecule has 34 heavy (non-hydrogen) atoms. The van der Waals surface area contributed by atoms with E-state index in [9.17, 15) is 4.79 Å². The van der Waals surface area contributed by atoms with Crippen molar-refractivity contribution >= 4 is 23.5 Å². The number of rotatable bonds is 9. The summed E-state index contributed by atoms with van der Waals surface area (Å²) in [5, 5.41) is 0. The van der Waals surface area contributed by atoms with Crippen LogP contribution in [0.4, 0.5) is 11.5 Å². The first-order chi connectivity index (χ1) is 16.6. The number of pyridine rings is 2. The smallest absolute Gasteiger partial charge is 0.225 e. The molecule has 0 aromatic carbocycles. The number of nitrogens with two attached hydrogens (primary N) is 1. The van der Waals surface area contributed by atoms with E-state index in [-0.39, 0.29) is 11.9 Å². The highest BCUT2D eigenvalue weighted by Crippen LogP contribution is 2.46. The van der Waals surface area contributed by atoms with E-state index in [4.69, 9.17) is 20.2 Å². The van der Waals surface area contributed by atoms with Gasteiger partial charge in [0.2, 0.25) is 11.8 Å². The van der Waals surface area contributed by atoms with Gasteiger partial charge in [0, 0.05) is 51.0 Å². The topological polar surface area (TPSA) is 93.8 Å². The van der Waals surface area contributed by atoms with E-state index >= 15 is 0 Å². The number of amides is 1. The lowest BCUT2D eigenvalue weighted by atomic mass is 10.1. The number of aromatic nitrogens is 2. The molecule has 2 saturated carbocycles. The molecule has 0 spiro atoms. The van der Waals surface area contributed by atoms with E-state index in [1.165, 1.54) is 12.8 Å². The fourth-order valence-electron chi connectivity index (χ4n) is 4.75. The number of nitrogen functional groups attached to an aromatic ring is 1. The van der Waals surface area contributed by atoms with Crippen LogP contribution < -0.4 is 15.4 Å². The van der Waals surface area contributed by atoms with E-state index in [0.717, 1.165) is 36.5 Å². The van der Waals surface area contributed by atoms with Crippen LogP contribution in [0.15, 0.2) is 31.0 Å². The molecule has 2 aromatic heterocycles. The van der Waals surface area contributed by atoms with E-state index in [0.29, 0.717) is 55.3 Å². The van der Waals surface area contributed by atoms with E-state index in [1.807, 2.05) is 18.2 Å². The highest BCUT2D eigenvalue weighted by atomic mass is 16.5. The molecule has 3 aliphatic rings. The molecule has 3 fully saturated rings. The zero-order valence-corrected chi connectivity index (χ0v) is 19.8. The molecular formula is C26H33N5O3. The first-order valence-corrected chi connectivity index (χ1v) is 12.2. The summed E-state index contributed by atoms with van der Waals surface area (Å²) in [7, 11) is 1.63. The number of carbonyl (C=O) groups is 1. The van der Waals surface area contributed by atoms with Crippen LogP contribution in [0.25, 0.3) is 6.08 Å². The van der Waals surface area contributed by atoms with Gasteiger partial charge < -0.3 is 25.0 Å². The second-order valence-electron chi connectivity index (χ2n) is 9.47. The zero-order chi connectivity index (χ0) is 23.7. The Labute approximate surface area is 200 Å². The fraction of sp³-hybridized carbons (Fsp3) is 0.500. The van der Waals surface area contributed by atoms with Crippen molar-refractivity contribution in [3.05, 3.63) is 42.2 Å². The molecule has 0 bridgehead atoms. The van der Waals surface area contributed by atoms with Crippen molar-refractivity contribution in [2.75, 3.05) is 44.0 Å². The van der Waals surface area contributed by atoms with Crippen molar-refractivity contribution in [3.8, 4) is 11.6 Å². The third-order valence-corrected chi connectivity index (χ3v) is 6.92. The number of nitrogens with zero attached hydrogens (tertiary/aromatic N) is 4. The summed E-state index contributed by atoms with van der Waals surface area (Å²) in [6, 6.07) is 5.83. The van der Waals surface area contributed by atoms with Gasteiger partial charge in [0.05, 0.1) is 30.5 Å². The van der Waals surface area contributed by atoms with Gasteiger partial charge in [0.15, 0.2) is 11.6 Å². The molecule has 180 valence electrons. The minimum atomic E-state index is 0.177. The fourth-order valence-corrected chi connectivity index (χ4v) is 4.75. The highest BCUT2D eigenvalue weighted by Gasteiger charge is 2.41. The monoisotopic (exact) mass is 463 g/mol. The van der Waals surface area contributed by atoms with Gasteiger partial charge in [-0.15, -0.1) is 0 Å². The molecule has 2 aromatic rings. The molecule has 1 aliphatic heterocycles. The molecule has 8 heteroatoms. The lowest BCUT2D eigenvalue weighted by molar-refractivity contribution is -0.135. The second-order valence-corrected chi connectivity index (χ2v) is 9.47. The molecule has 1 amide bonds. The normalized spacial score (nSPS) is 20.3. The third-order valence-electron chi connectivity index (χ3n) is 6.92. The van der Waals surface area contributed by atoms with Crippen LogP contribution in [0.3, 0.4) is 0 Å². The van der Waals surface area contributed by atoms with Gasteiger partial charge in [0.25, 0.3) is 0 Å². The van der Waals surface area contributed by atoms with Gasteiger partial charge >= 0.3 is 0 Å². The summed E-state index contributed by atoms with van der Waals surface area (Å²) >= 11 is 0. The van der Waals surface area contributed by atoms with Crippen molar-refractivity contribution < 1.29 is 14.3 Å². The number of ether oxygens (including phenoxy) is 2. The molecule has 2 N–H and O–H groups in total. The Morgan fingerprint density at radius 3 is 2.79 bits per heavy atom. The van der Waals surface area contributed by atoms with Crippen molar-refractivity contribution in [1.29, 1.82) is 0 Å². The molecule has 3 heterocycles. The van der Waals surface area contributed by atoms with Crippen LogP contribution in [0.1, 0.15) is 49.3 Å². The van der Waals surface area contributed by atoms with E-state index in [1.54, 1.807) is 19.4 Å². The molecule has 8 nitrogen and oxygen atoms in total. The first-order valence-electron chi connectivity index (χ1n) is 12.2. The Bertz CT molecular complexity index is 1070. The third kappa shape index (κ3) is 4.87. The SMILES string of the molecule is C=Cc1ccnc(Oc2cc(N)c(N3CCN(C(=O)CCOC)[C@H](C4CC4)C3)nc2C2CC2)c1. The number of anilines is 2. The number of piperazine rings is 1. The van der Waals surface area contributed by atoms with Crippen molar-refractivity contribution in [3.63, 3.8) is 0 Å². The summed E-state index contributed by atoms with van der Waals surface area (Å²) in [5.41, 5.74) is 9.01. The van der Waals surface area contributed by atoms with Gasteiger partial charge in [-0.25, -0.2) is 9.97 Å². The average Bonchev–Trinajstić information content (AvgIpc) is 3.76. The quantitative estimate of drug-likeness (QED) is 0.604. The highest BCUT2D eigenvalue weighted by molar-refractivity contribution is 5.77. The molecule has 2 aliphatic carbocycles. The summed E-state index contributed by atoms with van der Waals surface area (Å²) in [4.78, 5) is 26.5. The van der Waals surface area contributed by atoms with Gasteiger partial charge in [-0.05, 0) is 43.2 Å². The predicted octanol–water partition coefficient (Wildman–Crippen LogP) is 3.84. The molecule has 0 unspecified atom stereocenters. The molecular weight excluding hydrogens is 430 g/mol. The van der Waals surface area contributed by atoms with Crippen molar-refractivity contribution in [2.24, 2.45) is 5.92 Å². The predicted molar refractivity (Wildman–Crippen MR) is 132 cm³/mol. The van der Waals surface area contributed by atoms with Gasteiger partial charge in [-0.3, -0.25) is 4.79 Å². The lowest BCUT2D eigenvalue weighted by Gasteiger charge is -2.42. The largest absolute Gasteiger partial charge is 0.437 e. The second kappa shape index (κ2) is 9.62. The first kappa shape index (κ1) is 22.7. The lowest BCUT2D eigenvalue weighted by Crippen LogP contribution is -2.56. The van der Waals surface area contributed by atoms with Crippen LogP contribution in [-0.4, -0.2) is 60.2 Å². The molecule has 1 atom stereocenters. The molecule has 5 rings (SSSR count). The van der Waals surface area contributed by atoms with Crippen molar-refractivity contribution in [2.45, 2.75) is 44.1 Å². The van der Waals surface area contributed by atoms with Crippen LogP contribution in [0.5, 0.6) is 11.6 Å². The Morgan fingerprint density at radius 2 is 2.09 bits per heavy atom. The van der Waals surface area contributed by atoms with Crippen molar-refractivity contribution in [1.82, 2.24) is 14.9 Å². The van der Waals surface area contributed by atoms with Gasteiger partial charge in [-0.1, -0.05) is 12.7 Å². The standard InChI is InChI=1S/C26H33N5O3/c1-3-17-8-10-28-23(14-17)34-22-15-20(27)26(29-25(22)19-6-7-19)30-11-12-31(24(32)9-13-33-2)21(16-30)18-4-5-18/h3,8,10,14-15,18-19,21H,1,4-7,9,11-13,16,27H2,2H3/t21-/m0/s1. The maximum Gasteiger partial charge on any atom is 0.225 e. The van der Waals surface area contributed by atoms with E-state index in [2.05, 4.69) is 21.4 Å². The summed E-state index contributed by atoms with van der Waals surface area (Å²) in [6.45, 7) is 6.43. The van der Waals surface area contributed by atoms with Crippen LogP contribution in [0.2, 0.25) is 0 Å². The van der Waals surface area contributed by atoms with Gasteiger partial charge in [0.1, 0.15) is 0 Å². The summed E-state index contributed by atoms with van der Waals surface area (Å²) in [5.74, 6) is 3.10. The minimum Gasteiger partial charge on any atom is -0.437 e. The number of methoxy groups -OCH3 is 1. The average molecular weight is 464 g/mol. The van der Waals surface area contributed by atoms with E-state index < -0.39 is 0 Å². The Kier molecular flexibility index (Phi) is 6.41. The van der Waals surface area contributed by atoms with Crippen LogP contribution in [-0.2, 0) is 9.53 Å². The Balaban J connectivity index is 1.38. The minimum absolute atomic E-state index is 0.177. The maximum atomic E-state index is 12.8. The zero-order valence-electron chi connectivity index (χ0n) is 19.8. The Hall–Kier alpha value is -3.13. The number of hydrogen-bond acceptors (Lipinski definition) is 7. The number of carbonyl (C=O) groups excluding carboxylic acids is 1. The van der Waals surface area contributed by atoms with Crippen LogP contribution >= 0.6 is 0 Å². The molecule has 0 radical (unpaired) electrons. The summed E-state index contributed by atoms with van der Waals surface area (Å²) in [6.07, 6.45) is 8.44. The Morgan fingerprint density at radius 1 is 1.26 bits per heavy atom.